The Morgan fingerprint density at radius 2 is 1.82 bits per heavy atom. The summed E-state index contributed by atoms with van der Waals surface area (Å²) in [5.41, 5.74) is 3.26. The Morgan fingerprint density at radius 1 is 1.11 bits per heavy atom. The van der Waals surface area contributed by atoms with Crippen LogP contribution in [0.2, 0.25) is 0 Å². The number of nitrogens with two attached hydrogens (primary N) is 1. The van der Waals surface area contributed by atoms with Crippen LogP contribution in [0.3, 0.4) is 0 Å². The van der Waals surface area contributed by atoms with Crippen molar-refractivity contribution in [2.75, 3.05) is 13.2 Å². The number of aromatic nitrogens is 3. The van der Waals surface area contributed by atoms with Crippen molar-refractivity contribution in [2.24, 2.45) is 5.73 Å². The maximum atomic E-state index is 14.9. The Kier molecular flexibility index (Phi) is 6.85. The molecule has 2 aliphatic rings. The smallest absolute Gasteiger partial charge is 0.398 e. The van der Waals surface area contributed by atoms with E-state index in [2.05, 4.69) is 15.4 Å². The summed E-state index contributed by atoms with van der Waals surface area (Å²) in [5.74, 6) is -8.80. The third-order valence-electron chi connectivity index (χ3n) is 8.12. The van der Waals surface area contributed by atoms with Crippen LogP contribution in [-0.2, 0) is 10.2 Å². The van der Waals surface area contributed by atoms with Gasteiger partial charge in [0.1, 0.15) is 35.2 Å². The summed E-state index contributed by atoms with van der Waals surface area (Å²) in [4.78, 5) is 29.4. The van der Waals surface area contributed by atoms with Crippen molar-refractivity contribution >= 4 is 22.7 Å². The summed E-state index contributed by atoms with van der Waals surface area (Å²) in [7, 11) is 0. The topological polar surface area (TPSA) is 112 Å². The van der Waals surface area contributed by atoms with E-state index in [0.717, 1.165) is 18.9 Å². The van der Waals surface area contributed by atoms with E-state index in [1.165, 1.54) is 13.0 Å². The normalized spacial score (nSPS) is 18.6. The van der Waals surface area contributed by atoms with Crippen molar-refractivity contribution in [3.05, 3.63) is 76.4 Å². The molecule has 2 aromatic carbocycles. The molecule has 1 aliphatic heterocycles. The Balaban J connectivity index is 1.39. The number of aryl methyl sites for hydroxylation is 1. The molecule has 0 bridgehead atoms. The Labute approximate surface area is 246 Å². The lowest BCUT2D eigenvalue weighted by molar-refractivity contribution is -0.149. The number of rotatable bonds is 7. The van der Waals surface area contributed by atoms with Gasteiger partial charge < -0.3 is 15.8 Å². The zero-order chi connectivity index (χ0) is 31.7. The van der Waals surface area contributed by atoms with Crippen LogP contribution in [-0.4, -0.2) is 45.9 Å². The average molecular weight is 618 g/mol. The van der Waals surface area contributed by atoms with Crippen molar-refractivity contribution in [1.29, 1.82) is 0 Å². The zero-order valence-electron chi connectivity index (χ0n) is 23.4. The lowest BCUT2D eigenvalue weighted by Crippen LogP contribution is -2.40. The standard InChI is InChI=1S/C30H25F6N5O3/c1-13-5-14(6-15-11-41(16-3-4-16)40-24(13)15)27(42)38-10-19(30(34,35)36)23-8-18-26(44-12-29(18,2)28(37)43)25(39-23)17-7-21(32)22(33)9-20(17)31/h5-9,11,16,19H,3-4,10,12H2,1-2H3,(H2,37,43)(H,38,42)/t19-,29+/m1/s1. The van der Waals surface area contributed by atoms with Gasteiger partial charge in [-0.25, -0.2) is 18.2 Å². The molecular weight excluding hydrogens is 592 g/mol. The largest absolute Gasteiger partial charge is 0.489 e. The number of benzene rings is 2. The number of nitrogens with one attached hydrogen (secondary N) is 1. The molecule has 4 aromatic rings. The number of amides is 2. The summed E-state index contributed by atoms with van der Waals surface area (Å²) in [6.07, 6.45) is -1.22. The van der Waals surface area contributed by atoms with Gasteiger partial charge in [0.25, 0.3) is 5.91 Å². The maximum Gasteiger partial charge on any atom is 0.398 e. The molecule has 0 radical (unpaired) electrons. The molecule has 6 rings (SSSR count). The van der Waals surface area contributed by atoms with E-state index >= 15 is 0 Å². The summed E-state index contributed by atoms with van der Waals surface area (Å²) < 4.78 is 93.7. The molecule has 3 N–H and O–H groups in total. The Bertz CT molecular complexity index is 1850. The second-order valence-corrected chi connectivity index (χ2v) is 11.4. The molecule has 3 heterocycles. The van der Waals surface area contributed by atoms with E-state index in [4.69, 9.17) is 10.5 Å². The number of alkyl halides is 3. The highest BCUT2D eigenvalue weighted by Gasteiger charge is 2.47. The molecule has 230 valence electrons. The summed E-state index contributed by atoms with van der Waals surface area (Å²) in [5, 5.41) is 7.51. The van der Waals surface area contributed by atoms with Crippen LogP contribution in [0.15, 0.2) is 36.5 Å². The number of fused-ring (bicyclic) bond motifs is 2. The predicted octanol–water partition coefficient (Wildman–Crippen LogP) is 5.37. The lowest BCUT2D eigenvalue weighted by Gasteiger charge is -2.24. The zero-order valence-corrected chi connectivity index (χ0v) is 23.4. The Morgan fingerprint density at radius 3 is 2.48 bits per heavy atom. The molecule has 0 unspecified atom stereocenters. The van der Waals surface area contributed by atoms with Crippen molar-refractivity contribution in [1.82, 2.24) is 20.1 Å². The molecule has 0 saturated heterocycles. The van der Waals surface area contributed by atoms with Crippen LogP contribution < -0.4 is 15.8 Å². The number of ether oxygens (including phenoxy) is 1. The molecule has 0 spiro atoms. The Hall–Kier alpha value is -4.62. The summed E-state index contributed by atoms with van der Waals surface area (Å²) in [6, 6.07) is 4.98. The van der Waals surface area contributed by atoms with E-state index in [0.29, 0.717) is 22.5 Å². The summed E-state index contributed by atoms with van der Waals surface area (Å²) >= 11 is 0. The third kappa shape index (κ3) is 5.01. The molecule has 1 fully saturated rings. The molecule has 1 saturated carbocycles. The first-order valence-corrected chi connectivity index (χ1v) is 13.6. The van der Waals surface area contributed by atoms with Crippen LogP contribution in [0.25, 0.3) is 22.2 Å². The molecule has 1 aliphatic carbocycles. The van der Waals surface area contributed by atoms with Gasteiger partial charge in [-0.2, -0.15) is 18.3 Å². The average Bonchev–Trinajstić information content (AvgIpc) is 3.61. The van der Waals surface area contributed by atoms with Gasteiger partial charge in [0.2, 0.25) is 5.91 Å². The minimum absolute atomic E-state index is 0.118. The fourth-order valence-electron chi connectivity index (χ4n) is 5.34. The highest BCUT2D eigenvalue weighted by Crippen LogP contribution is 2.47. The van der Waals surface area contributed by atoms with Crippen molar-refractivity contribution in [2.45, 2.75) is 50.2 Å². The van der Waals surface area contributed by atoms with Gasteiger partial charge in [0.15, 0.2) is 11.6 Å². The molecule has 2 aromatic heterocycles. The highest BCUT2D eigenvalue weighted by molar-refractivity contribution is 5.99. The van der Waals surface area contributed by atoms with Crippen molar-refractivity contribution < 1.29 is 40.7 Å². The number of hydrogen-bond donors (Lipinski definition) is 2. The molecule has 2 amide bonds. The van der Waals surface area contributed by atoms with Crippen LogP contribution >= 0.6 is 0 Å². The highest BCUT2D eigenvalue weighted by atomic mass is 19.4. The number of halogens is 6. The fourth-order valence-corrected chi connectivity index (χ4v) is 5.34. The minimum Gasteiger partial charge on any atom is -0.489 e. The van der Waals surface area contributed by atoms with Crippen LogP contribution in [0, 0.1) is 24.4 Å². The number of carbonyl (C=O) groups excluding carboxylic acids is 2. The van der Waals surface area contributed by atoms with Gasteiger partial charge >= 0.3 is 6.18 Å². The number of primary amides is 1. The molecule has 2 atom stereocenters. The monoisotopic (exact) mass is 617 g/mol. The lowest BCUT2D eigenvalue weighted by atomic mass is 9.82. The van der Waals surface area contributed by atoms with Crippen molar-refractivity contribution in [3.8, 4) is 17.0 Å². The SMILES string of the molecule is Cc1cc(C(=O)NC[C@H](c2cc3c(c(-c4cc(F)c(F)cc4F)n2)OC[C@]3(C)C(N)=O)C(F)(F)F)cc2cn(C3CC3)nc12. The van der Waals surface area contributed by atoms with Crippen LogP contribution in [0.5, 0.6) is 5.75 Å². The molecule has 14 heteroatoms. The van der Waals surface area contributed by atoms with Crippen LogP contribution in [0.1, 0.15) is 58.9 Å². The minimum atomic E-state index is -4.99. The van der Waals surface area contributed by atoms with E-state index in [1.807, 2.05) is 4.68 Å². The number of hydrogen-bond acceptors (Lipinski definition) is 5. The van der Waals surface area contributed by atoms with Gasteiger partial charge in [-0.15, -0.1) is 0 Å². The van der Waals surface area contributed by atoms with Gasteiger partial charge in [-0.1, -0.05) is 0 Å². The van der Waals surface area contributed by atoms with Crippen molar-refractivity contribution in [3.63, 3.8) is 0 Å². The fraction of sp³-hybridized carbons (Fsp3) is 0.333. The predicted molar refractivity (Wildman–Crippen MR) is 145 cm³/mol. The first-order valence-electron chi connectivity index (χ1n) is 13.6. The van der Waals surface area contributed by atoms with E-state index in [9.17, 15) is 35.9 Å². The van der Waals surface area contributed by atoms with Gasteiger partial charge in [0.05, 0.1) is 17.3 Å². The number of nitrogens with zero attached hydrogens (tertiary/aromatic N) is 3. The van der Waals surface area contributed by atoms with Gasteiger partial charge in [-0.3, -0.25) is 14.3 Å². The molecule has 44 heavy (non-hydrogen) atoms. The molecule has 8 nitrogen and oxygen atoms in total. The second kappa shape index (κ2) is 10.2. The number of pyridine rings is 1. The quantitative estimate of drug-likeness (QED) is 0.214. The second-order valence-electron chi connectivity index (χ2n) is 11.4. The van der Waals surface area contributed by atoms with Gasteiger partial charge in [0, 0.05) is 40.9 Å². The van der Waals surface area contributed by atoms with E-state index < -0.39 is 76.9 Å². The maximum absolute atomic E-state index is 14.9. The first kappa shape index (κ1) is 29.5. The number of carbonyl (C=O) groups is 2. The summed E-state index contributed by atoms with van der Waals surface area (Å²) in [6.45, 7) is 1.67. The third-order valence-corrected chi connectivity index (χ3v) is 8.12. The van der Waals surface area contributed by atoms with E-state index in [1.54, 1.807) is 19.2 Å². The van der Waals surface area contributed by atoms with E-state index in [-0.39, 0.29) is 29.0 Å². The van der Waals surface area contributed by atoms with Crippen LogP contribution in [0.4, 0.5) is 26.3 Å². The molecular formula is C30H25F6N5O3. The van der Waals surface area contributed by atoms with Gasteiger partial charge in [-0.05, 0) is 56.5 Å². The first-order chi connectivity index (χ1) is 20.7.